The molecule has 0 saturated heterocycles. The highest BCUT2D eigenvalue weighted by atomic mass is 16.6. The number of nitrogens with one attached hydrogen (secondary N) is 2. The van der Waals surface area contributed by atoms with Crippen LogP contribution in [0.3, 0.4) is 0 Å². The maximum Gasteiger partial charge on any atom is 0.269 e. The number of nitro benzene ring substituents is 1. The number of nitriles is 1. The highest BCUT2D eigenvalue weighted by Crippen LogP contribution is 2.27. The molecular weight excluding hydrogens is 504 g/mol. The standard InChI is InChI=1S/C25H32N10O4/c1-3-5-6-17(4-2)12-28-24-25(29-14-22(30-24)27-13-21(37)16-36)32-31-23-18(11-26)15-34(33-23)19-7-9-20(10-8-19)35(38)39/h7-10,14-15,17,21,36-37H,3-6,12-13,16H2,1-2H3,(H2,27,28,30). The zero-order valence-electron chi connectivity index (χ0n) is 21.9. The Morgan fingerprint density at radius 1 is 1.18 bits per heavy atom. The van der Waals surface area contributed by atoms with Crippen molar-refractivity contribution in [1.29, 1.82) is 5.26 Å². The monoisotopic (exact) mass is 536 g/mol. The molecule has 206 valence electrons. The van der Waals surface area contributed by atoms with Crippen molar-refractivity contribution < 1.29 is 15.1 Å². The Kier molecular flexibility index (Phi) is 10.8. The van der Waals surface area contributed by atoms with E-state index < -0.39 is 11.0 Å². The van der Waals surface area contributed by atoms with E-state index in [1.165, 1.54) is 41.3 Å². The van der Waals surface area contributed by atoms with Gasteiger partial charge in [-0.05, 0) is 24.5 Å². The number of non-ortho nitro benzene ring substituents is 1. The van der Waals surface area contributed by atoms with E-state index in [1.807, 2.05) is 6.07 Å². The average molecular weight is 537 g/mol. The van der Waals surface area contributed by atoms with Crippen LogP contribution in [0, 0.1) is 27.4 Å². The second kappa shape index (κ2) is 14.5. The van der Waals surface area contributed by atoms with Crippen LogP contribution in [0.5, 0.6) is 0 Å². The molecule has 2 atom stereocenters. The summed E-state index contributed by atoms with van der Waals surface area (Å²) in [5.74, 6) is 1.40. The fourth-order valence-electron chi connectivity index (χ4n) is 3.60. The van der Waals surface area contributed by atoms with Gasteiger partial charge in [-0.3, -0.25) is 10.1 Å². The molecule has 2 heterocycles. The summed E-state index contributed by atoms with van der Waals surface area (Å²) in [7, 11) is 0. The first kappa shape index (κ1) is 29.1. The number of aliphatic hydroxyl groups is 2. The molecule has 0 aliphatic rings. The summed E-state index contributed by atoms with van der Waals surface area (Å²) in [6.07, 6.45) is 6.22. The van der Waals surface area contributed by atoms with Gasteiger partial charge >= 0.3 is 0 Å². The summed E-state index contributed by atoms with van der Waals surface area (Å²) in [6, 6.07) is 7.75. The smallest absolute Gasteiger partial charge is 0.269 e. The molecule has 14 nitrogen and oxygen atoms in total. The minimum Gasteiger partial charge on any atom is -0.394 e. The minimum atomic E-state index is -0.948. The molecule has 1 aromatic carbocycles. The van der Waals surface area contributed by atoms with Crippen LogP contribution >= 0.6 is 0 Å². The quantitative estimate of drug-likeness (QED) is 0.124. The Balaban J connectivity index is 1.86. The number of hydrogen-bond acceptors (Lipinski definition) is 12. The van der Waals surface area contributed by atoms with Crippen molar-refractivity contribution in [3.63, 3.8) is 0 Å². The number of rotatable bonds is 15. The van der Waals surface area contributed by atoms with Gasteiger partial charge in [0.15, 0.2) is 5.82 Å². The van der Waals surface area contributed by atoms with E-state index in [9.17, 15) is 20.5 Å². The molecule has 0 aliphatic carbocycles. The summed E-state index contributed by atoms with van der Waals surface area (Å²) in [6.45, 7) is 4.63. The molecule has 39 heavy (non-hydrogen) atoms. The lowest BCUT2D eigenvalue weighted by atomic mass is 9.99. The van der Waals surface area contributed by atoms with Gasteiger partial charge in [0.25, 0.3) is 5.69 Å². The lowest BCUT2D eigenvalue weighted by molar-refractivity contribution is -0.384. The Bertz CT molecular complexity index is 1300. The Morgan fingerprint density at radius 2 is 1.92 bits per heavy atom. The first-order valence-corrected chi connectivity index (χ1v) is 12.7. The van der Waals surface area contributed by atoms with Gasteiger partial charge in [0, 0.05) is 25.2 Å². The summed E-state index contributed by atoms with van der Waals surface area (Å²) in [5.41, 5.74) is 0.606. The van der Waals surface area contributed by atoms with E-state index in [-0.39, 0.29) is 36.0 Å². The predicted octanol–water partition coefficient (Wildman–Crippen LogP) is 4.25. The van der Waals surface area contributed by atoms with Gasteiger partial charge in [-0.15, -0.1) is 15.3 Å². The molecule has 4 N–H and O–H groups in total. The molecule has 0 saturated carbocycles. The van der Waals surface area contributed by atoms with Crippen LogP contribution < -0.4 is 10.6 Å². The van der Waals surface area contributed by atoms with Gasteiger partial charge in [-0.2, -0.15) is 5.26 Å². The second-order valence-corrected chi connectivity index (χ2v) is 8.84. The third kappa shape index (κ3) is 8.25. The molecule has 0 aliphatic heterocycles. The third-order valence-corrected chi connectivity index (χ3v) is 5.96. The third-order valence-electron chi connectivity index (χ3n) is 5.96. The highest BCUT2D eigenvalue weighted by molar-refractivity contribution is 5.59. The van der Waals surface area contributed by atoms with Gasteiger partial charge in [0.1, 0.15) is 17.5 Å². The molecular formula is C25H32N10O4. The molecule has 3 aromatic rings. The molecule has 0 bridgehead atoms. The number of hydrogen-bond donors (Lipinski definition) is 4. The van der Waals surface area contributed by atoms with Crippen molar-refractivity contribution in [2.24, 2.45) is 16.1 Å². The zero-order valence-corrected chi connectivity index (χ0v) is 21.9. The topological polar surface area (TPSA) is 200 Å². The lowest BCUT2D eigenvalue weighted by Gasteiger charge is -2.17. The van der Waals surface area contributed by atoms with Crippen LogP contribution in [-0.4, -0.2) is 60.7 Å². The molecule has 0 radical (unpaired) electrons. The number of aromatic nitrogens is 4. The Morgan fingerprint density at radius 3 is 2.56 bits per heavy atom. The maximum atomic E-state index is 10.9. The fourth-order valence-corrected chi connectivity index (χ4v) is 3.60. The number of nitrogens with zero attached hydrogens (tertiary/aromatic N) is 8. The summed E-state index contributed by atoms with van der Waals surface area (Å²) >= 11 is 0. The molecule has 3 rings (SSSR count). The average Bonchev–Trinajstić information content (AvgIpc) is 3.38. The van der Waals surface area contributed by atoms with Crippen LogP contribution in [-0.2, 0) is 0 Å². The number of unbranched alkanes of at least 4 members (excludes halogenated alkanes) is 1. The number of benzene rings is 1. The van der Waals surface area contributed by atoms with Gasteiger partial charge in [-0.25, -0.2) is 14.6 Å². The largest absolute Gasteiger partial charge is 0.394 e. The molecule has 0 amide bonds. The van der Waals surface area contributed by atoms with Crippen LogP contribution in [0.15, 0.2) is 46.9 Å². The van der Waals surface area contributed by atoms with Gasteiger partial charge in [0.05, 0.1) is 35.7 Å². The van der Waals surface area contributed by atoms with Crippen molar-refractivity contribution in [3.05, 3.63) is 52.3 Å². The highest BCUT2D eigenvalue weighted by Gasteiger charge is 2.14. The minimum absolute atomic E-state index is 0.0475. The molecule has 2 aromatic heterocycles. The second-order valence-electron chi connectivity index (χ2n) is 8.84. The van der Waals surface area contributed by atoms with Gasteiger partial charge in [0.2, 0.25) is 11.6 Å². The summed E-state index contributed by atoms with van der Waals surface area (Å²) in [5, 5.41) is 58.1. The number of aliphatic hydroxyl groups excluding tert-OH is 2. The first-order valence-electron chi connectivity index (χ1n) is 12.7. The van der Waals surface area contributed by atoms with Crippen molar-refractivity contribution in [2.75, 3.05) is 30.3 Å². The normalized spacial score (nSPS) is 12.7. The van der Waals surface area contributed by atoms with Crippen molar-refractivity contribution >= 4 is 29.0 Å². The maximum absolute atomic E-state index is 10.9. The number of azo groups is 1. The fraction of sp³-hybridized carbons (Fsp3) is 0.440. The van der Waals surface area contributed by atoms with Gasteiger partial charge < -0.3 is 20.8 Å². The molecule has 0 spiro atoms. The van der Waals surface area contributed by atoms with Crippen molar-refractivity contribution in [3.8, 4) is 11.8 Å². The SMILES string of the molecule is CCCCC(CC)CNc1nc(NCC(O)CO)cnc1N=Nc1nn(-c2ccc([N+](=O)[O-])cc2)cc1C#N. The number of anilines is 2. The van der Waals surface area contributed by atoms with Crippen molar-refractivity contribution in [2.45, 2.75) is 45.6 Å². The van der Waals surface area contributed by atoms with Crippen LogP contribution in [0.1, 0.15) is 45.1 Å². The van der Waals surface area contributed by atoms with Crippen LogP contribution in [0.25, 0.3) is 5.69 Å². The molecule has 14 heteroatoms. The summed E-state index contributed by atoms with van der Waals surface area (Å²) in [4.78, 5) is 19.3. The van der Waals surface area contributed by atoms with Crippen LogP contribution in [0.2, 0.25) is 0 Å². The number of nitro groups is 1. The van der Waals surface area contributed by atoms with Crippen molar-refractivity contribution in [1.82, 2.24) is 19.7 Å². The van der Waals surface area contributed by atoms with E-state index >= 15 is 0 Å². The predicted molar refractivity (Wildman–Crippen MR) is 145 cm³/mol. The van der Waals surface area contributed by atoms with Gasteiger partial charge in [-0.1, -0.05) is 33.1 Å². The first-order chi connectivity index (χ1) is 18.9. The summed E-state index contributed by atoms with van der Waals surface area (Å²) < 4.78 is 1.39. The molecule has 0 fully saturated rings. The molecule has 2 unspecified atom stereocenters. The zero-order chi connectivity index (χ0) is 28.2. The van der Waals surface area contributed by atoms with E-state index in [0.717, 1.165) is 25.7 Å². The Labute approximate surface area is 225 Å². The lowest BCUT2D eigenvalue weighted by Crippen LogP contribution is -2.23. The van der Waals surface area contributed by atoms with Crippen LogP contribution in [0.4, 0.5) is 29.0 Å². The van der Waals surface area contributed by atoms with E-state index in [0.29, 0.717) is 29.8 Å². The van der Waals surface area contributed by atoms with E-state index in [4.69, 9.17) is 5.11 Å². The van der Waals surface area contributed by atoms with E-state index in [1.54, 1.807) is 0 Å². The Hall–Kier alpha value is -4.48. The van der Waals surface area contributed by atoms with E-state index in [2.05, 4.69) is 49.8 Å².